The molecule has 1 aromatic rings. The van der Waals surface area contributed by atoms with Gasteiger partial charge in [-0.25, -0.2) is 4.79 Å². The van der Waals surface area contributed by atoms with Gasteiger partial charge in [-0.2, -0.15) is 0 Å². The Bertz CT molecular complexity index is 652. The van der Waals surface area contributed by atoms with Gasteiger partial charge in [-0.05, 0) is 0 Å². The van der Waals surface area contributed by atoms with Crippen molar-refractivity contribution in [2.75, 3.05) is 5.75 Å². The normalized spacial score (nSPS) is 37.0. The van der Waals surface area contributed by atoms with Gasteiger partial charge in [-0.15, -0.1) is 0 Å². The van der Waals surface area contributed by atoms with Crippen LogP contribution in [0.25, 0.3) is 0 Å². The fourth-order valence-electron chi connectivity index (χ4n) is 2.70. The van der Waals surface area contributed by atoms with Gasteiger partial charge in [0.1, 0.15) is 22.6 Å². The van der Waals surface area contributed by atoms with Crippen molar-refractivity contribution in [3.63, 3.8) is 0 Å². The van der Waals surface area contributed by atoms with E-state index in [1.54, 1.807) is 0 Å². The highest BCUT2D eigenvalue weighted by Crippen LogP contribution is 2.65. The number of oxime groups is 1. The maximum atomic E-state index is 12.0. The summed E-state index contributed by atoms with van der Waals surface area (Å²) in [6.45, 7) is 0. The lowest BCUT2D eigenvalue weighted by molar-refractivity contribution is -0.134. The summed E-state index contributed by atoms with van der Waals surface area (Å²) < 4.78 is 11.3. The zero-order valence-corrected chi connectivity index (χ0v) is 11.5. The first-order chi connectivity index (χ1) is 9.78. The molecule has 1 saturated heterocycles. The predicted molar refractivity (Wildman–Crippen MR) is 78.2 cm³/mol. The van der Waals surface area contributed by atoms with Crippen LogP contribution >= 0.6 is 10.6 Å². The van der Waals surface area contributed by atoms with Gasteiger partial charge in [0.2, 0.25) is 0 Å². The van der Waals surface area contributed by atoms with Crippen molar-refractivity contribution in [1.29, 1.82) is 0 Å². The summed E-state index contributed by atoms with van der Waals surface area (Å²) in [7, 11) is -1.96. The fourth-order valence-corrected chi connectivity index (χ4v) is 5.43. The van der Waals surface area contributed by atoms with E-state index in [0.717, 1.165) is 11.3 Å². The van der Waals surface area contributed by atoms with Crippen LogP contribution < -0.4 is 0 Å². The number of hydrogen-bond acceptors (Lipinski definition) is 4. The van der Waals surface area contributed by atoms with Gasteiger partial charge < -0.3 is 4.18 Å². The highest BCUT2D eigenvalue weighted by atomic mass is 32.3. The molecule has 5 heteroatoms. The molecule has 0 aromatic heterocycles. The third-order valence-corrected chi connectivity index (χ3v) is 6.44. The molecule has 0 bridgehead atoms. The fraction of sp³-hybridized carbons (Fsp3) is 0.200. The molecule has 3 atom stereocenters. The molecule has 3 aliphatic rings. The molecule has 4 nitrogen and oxygen atoms in total. The second-order valence-electron chi connectivity index (χ2n) is 4.95. The van der Waals surface area contributed by atoms with Crippen LogP contribution in [0.15, 0.2) is 59.8 Å². The van der Waals surface area contributed by atoms with E-state index in [4.69, 9.17) is 8.47 Å². The average molecular weight is 287 g/mol. The molecule has 1 fully saturated rings. The van der Waals surface area contributed by atoms with Crippen molar-refractivity contribution in [3.8, 4) is 0 Å². The number of carbonyl (C=O) groups is 1. The minimum absolute atomic E-state index is 0.0232. The molecule has 102 valence electrons. The van der Waals surface area contributed by atoms with Gasteiger partial charge in [0.25, 0.3) is 0 Å². The van der Waals surface area contributed by atoms with Crippen molar-refractivity contribution < 1.29 is 13.3 Å². The second kappa shape index (κ2) is 4.24. The molecular formula is C15H13NO3S. The molecule has 0 N–H and O–H groups in total. The lowest BCUT2D eigenvalue weighted by Gasteiger charge is -2.35. The summed E-state index contributed by atoms with van der Waals surface area (Å²) >= 11 is 0. The predicted octanol–water partition coefficient (Wildman–Crippen LogP) is 2.72. The molecular weight excluding hydrogens is 274 g/mol. The molecule has 20 heavy (non-hydrogen) atoms. The van der Waals surface area contributed by atoms with Gasteiger partial charge in [0, 0.05) is 5.56 Å². The molecule has 1 aliphatic carbocycles. The third-order valence-electron chi connectivity index (χ3n) is 3.71. The summed E-state index contributed by atoms with van der Waals surface area (Å²) in [5, 5.41) is 4.16. The SMILES string of the molecule is O=C1OS2(CC(c3ccccc3)=NO2)C2C=CC=CC12. The Hall–Kier alpha value is -2.01. The Labute approximate surface area is 118 Å². The van der Waals surface area contributed by atoms with E-state index in [1.807, 2.05) is 54.6 Å². The van der Waals surface area contributed by atoms with Crippen LogP contribution in [0.5, 0.6) is 0 Å². The topological polar surface area (TPSA) is 47.9 Å². The Morgan fingerprint density at radius 1 is 1.15 bits per heavy atom. The minimum Gasteiger partial charge on any atom is -0.341 e. The molecule has 4 rings (SSSR count). The largest absolute Gasteiger partial charge is 0.341 e. The van der Waals surface area contributed by atoms with Gasteiger partial charge in [0.05, 0.1) is 0 Å². The Kier molecular flexibility index (Phi) is 2.50. The Morgan fingerprint density at radius 2 is 1.95 bits per heavy atom. The van der Waals surface area contributed by atoms with E-state index in [9.17, 15) is 4.79 Å². The first-order valence-corrected chi connectivity index (χ1v) is 8.19. The zero-order chi connectivity index (χ0) is 13.6. The molecule has 0 radical (unpaired) electrons. The number of carbonyl (C=O) groups excluding carboxylic acids is 1. The highest BCUT2D eigenvalue weighted by molar-refractivity contribution is 8.27. The van der Waals surface area contributed by atoms with Crippen LogP contribution in [0, 0.1) is 5.92 Å². The van der Waals surface area contributed by atoms with Gasteiger partial charge >= 0.3 is 5.97 Å². The van der Waals surface area contributed by atoms with Gasteiger partial charge in [0.15, 0.2) is 0 Å². The van der Waals surface area contributed by atoms with Gasteiger partial charge in [-0.3, -0.25) is 4.28 Å². The minimum atomic E-state index is -1.96. The van der Waals surface area contributed by atoms with E-state index in [0.29, 0.717) is 5.75 Å². The molecule has 2 heterocycles. The highest BCUT2D eigenvalue weighted by Gasteiger charge is 2.53. The summed E-state index contributed by atoms with van der Waals surface area (Å²) in [6.07, 6.45) is 7.73. The van der Waals surface area contributed by atoms with Crippen LogP contribution in [0.1, 0.15) is 5.56 Å². The lowest BCUT2D eigenvalue weighted by Crippen LogP contribution is -2.22. The summed E-state index contributed by atoms with van der Waals surface area (Å²) in [5.41, 5.74) is 1.88. The van der Waals surface area contributed by atoms with Crippen molar-refractivity contribution in [1.82, 2.24) is 0 Å². The van der Waals surface area contributed by atoms with Crippen LogP contribution in [0.4, 0.5) is 0 Å². The van der Waals surface area contributed by atoms with Crippen LogP contribution in [0.3, 0.4) is 0 Å². The summed E-state index contributed by atoms with van der Waals surface area (Å²) in [6, 6.07) is 9.87. The van der Waals surface area contributed by atoms with E-state index in [1.165, 1.54) is 0 Å². The van der Waals surface area contributed by atoms with Crippen molar-refractivity contribution in [3.05, 3.63) is 60.2 Å². The van der Waals surface area contributed by atoms with Crippen molar-refractivity contribution in [2.24, 2.45) is 11.1 Å². The number of allylic oxidation sites excluding steroid dienone is 2. The molecule has 3 unspecified atom stereocenters. The third kappa shape index (κ3) is 1.63. The smallest absolute Gasteiger partial charge is 0.338 e. The Morgan fingerprint density at radius 3 is 2.80 bits per heavy atom. The summed E-state index contributed by atoms with van der Waals surface area (Å²) in [5.74, 6) is 0.151. The van der Waals surface area contributed by atoms with E-state index in [-0.39, 0.29) is 17.1 Å². The van der Waals surface area contributed by atoms with Crippen LogP contribution in [-0.4, -0.2) is 22.7 Å². The Balaban J connectivity index is 1.65. The summed E-state index contributed by atoms with van der Waals surface area (Å²) in [4.78, 5) is 12.0. The quantitative estimate of drug-likeness (QED) is 0.798. The van der Waals surface area contributed by atoms with E-state index in [2.05, 4.69) is 5.16 Å². The molecule has 0 saturated carbocycles. The van der Waals surface area contributed by atoms with Gasteiger partial charge in [-0.1, -0.05) is 70.4 Å². The molecule has 1 aromatic carbocycles. The van der Waals surface area contributed by atoms with Crippen molar-refractivity contribution >= 4 is 22.3 Å². The van der Waals surface area contributed by atoms with Crippen molar-refractivity contribution in [2.45, 2.75) is 5.25 Å². The first kappa shape index (κ1) is 11.8. The van der Waals surface area contributed by atoms with E-state index >= 15 is 0 Å². The number of rotatable bonds is 1. The monoisotopic (exact) mass is 287 g/mol. The lowest BCUT2D eigenvalue weighted by atomic mass is 10.0. The van der Waals surface area contributed by atoms with E-state index < -0.39 is 10.6 Å². The second-order valence-corrected chi connectivity index (χ2v) is 7.42. The van der Waals surface area contributed by atoms with Crippen LogP contribution in [0.2, 0.25) is 0 Å². The maximum Gasteiger partial charge on any atom is 0.338 e. The van der Waals surface area contributed by atoms with Crippen LogP contribution in [-0.2, 0) is 13.3 Å². The standard InChI is InChI=1S/C15H13NO3S/c17-15-12-8-4-5-9-14(12)20(18-15)10-13(16-19-20)11-6-2-1-3-7-11/h1-9,12,14H,10H2. The molecule has 1 spiro atoms. The molecule has 0 amide bonds. The number of benzene rings is 1. The molecule has 2 aliphatic heterocycles. The number of nitrogens with zero attached hydrogens (tertiary/aromatic N) is 1. The average Bonchev–Trinajstić information content (AvgIpc) is 3.04. The maximum absolute atomic E-state index is 12.0. The first-order valence-electron chi connectivity index (χ1n) is 6.48. The number of hydrogen-bond donors (Lipinski definition) is 0. The zero-order valence-electron chi connectivity index (χ0n) is 10.6. The number of fused-ring (bicyclic) bond motifs is 2.